The van der Waals surface area contributed by atoms with Crippen LogP contribution in [0.15, 0.2) is 6.07 Å². The van der Waals surface area contributed by atoms with Gasteiger partial charge in [-0.15, -0.1) is 0 Å². The van der Waals surface area contributed by atoms with Crippen LogP contribution in [0, 0.1) is 6.92 Å². The Hall–Kier alpha value is -1.36. The largest absolute Gasteiger partial charge is 0.358 e. The Labute approximate surface area is 104 Å². The van der Waals surface area contributed by atoms with E-state index in [1.807, 2.05) is 19.9 Å². The van der Waals surface area contributed by atoms with E-state index in [1.165, 1.54) is 0 Å². The number of anilines is 2. The molecule has 1 aromatic heterocycles. The van der Waals surface area contributed by atoms with Crippen molar-refractivity contribution in [3.8, 4) is 0 Å². The summed E-state index contributed by atoms with van der Waals surface area (Å²) in [4.78, 5) is 13.1. The highest BCUT2D eigenvalue weighted by molar-refractivity contribution is 5.44. The van der Waals surface area contributed by atoms with E-state index in [1.54, 1.807) is 0 Å². The van der Waals surface area contributed by atoms with Gasteiger partial charge in [0.1, 0.15) is 5.82 Å². The fraction of sp³-hybridized carbons (Fsp3) is 0.667. The Morgan fingerprint density at radius 1 is 1.18 bits per heavy atom. The maximum absolute atomic E-state index is 4.49. The van der Waals surface area contributed by atoms with Crippen molar-refractivity contribution in [2.24, 2.45) is 0 Å². The fourth-order valence-electron chi connectivity index (χ4n) is 1.45. The van der Waals surface area contributed by atoms with Crippen molar-refractivity contribution in [1.82, 2.24) is 14.9 Å². The first-order valence-electron chi connectivity index (χ1n) is 5.98. The van der Waals surface area contributed by atoms with Crippen molar-refractivity contribution in [3.05, 3.63) is 11.8 Å². The van der Waals surface area contributed by atoms with Gasteiger partial charge in [-0.1, -0.05) is 0 Å². The zero-order valence-electron chi connectivity index (χ0n) is 11.5. The first kappa shape index (κ1) is 13.7. The van der Waals surface area contributed by atoms with E-state index >= 15 is 0 Å². The molecule has 0 spiro atoms. The summed E-state index contributed by atoms with van der Waals surface area (Å²) in [5.41, 5.74) is 0.989. The summed E-state index contributed by atoms with van der Waals surface area (Å²) in [5.74, 6) is 1.68. The molecule has 0 atom stereocenters. The van der Waals surface area contributed by atoms with E-state index in [0.717, 1.165) is 31.1 Å². The molecule has 96 valence electrons. The van der Waals surface area contributed by atoms with Crippen molar-refractivity contribution < 1.29 is 0 Å². The summed E-state index contributed by atoms with van der Waals surface area (Å²) in [6.45, 7) is 6.84. The molecule has 0 aliphatic rings. The molecule has 0 saturated carbocycles. The quantitative estimate of drug-likeness (QED) is 0.806. The molecule has 0 aliphatic carbocycles. The highest BCUT2D eigenvalue weighted by Gasteiger charge is 2.06. The van der Waals surface area contributed by atoms with E-state index in [4.69, 9.17) is 0 Å². The second-order valence-corrected chi connectivity index (χ2v) is 4.45. The van der Waals surface area contributed by atoms with E-state index < -0.39 is 0 Å². The predicted molar refractivity (Wildman–Crippen MR) is 72.8 cm³/mol. The second kappa shape index (κ2) is 6.39. The van der Waals surface area contributed by atoms with Crippen LogP contribution >= 0.6 is 0 Å². The van der Waals surface area contributed by atoms with Gasteiger partial charge in [0.25, 0.3) is 0 Å². The van der Waals surface area contributed by atoms with Gasteiger partial charge >= 0.3 is 0 Å². The van der Waals surface area contributed by atoms with Crippen molar-refractivity contribution in [2.75, 3.05) is 51.0 Å². The van der Waals surface area contributed by atoms with Crippen LogP contribution in [-0.2, 0) is 0 Å². The monoisotopic (exact) mass is 237 g/mol. The number of likely N-dealkylation sites (N-methyl/N-ethyl adjacent to an activating group) is 2. The molecular formula is C12H23N5. The summed E-state index contributed by atoms with van der Waals surface area (Å²) in [7, 11) is 6.20. The van der Waals surface area contributed by atoms with Gasteiger partial charge in [-0.25, -0.2) is 4.98 Å². The zero-order chi connectivity index (χ0) is 12.8. The minimum Gasteiger partial charge on any atom is -0.358 e. The highest BCUT2D eigenvalue weighted by Crippen LogP contribution is 2.13. The third kappa shape index (κ3) is 4.56. The normalized spacial score (nSPS) is 10.7. The van der Waals surface area contributed by atoms with E-state index in [-0.39, 0.29) is 0 Å². The van der Waals surface area contributed by atoms with E-state index in [9.17, 15) is 0 Å². The standard InChI is InChI=1S/C12H23N5/c1-6-13-12-14-10(2)9-11(15-12)17(5)8-7-16(3)4/h9H,6-8H2,1-5H3,(H,13,14,15). The first-order chi connectivity index (χ1) is 8.02. The highest BCUT2D eigenvalue weighted by atomic mass is 15.2. The SMILES string of the molecule is CCNc1nc(C)cc(N(C)CCN(C)C)n1. The number of aromatic nitrogens is 2. The summed E-state index contributed by atoms with van der Waals surface area (Å²) in [6, 6.07) is 2.01. The van der Waals surface area contributed by atoms with Crippen molar-refractivity contribution in [3.63, 3.8) is 0 Å². The van der Waals surface area contributed by atoms with Gasteiger partial charge in [-0.3, -0.25) is 0 Å². The maximum Gasteiger partial charge on any atom is 0.224 e. The molecule has 1 aromatic rings. The van der Waals surface area contributed by atoms with Crippen LogP contribution in [0.2, 0.25) is 0 Å². The summed E-state index contributed by atoms with van der Waals surface area (Å²) < 4.78 is 0. The Morgan fingerprint density at radius 3 is 2.47 bits per heavy atom. The lowest BCUT2D eigenvalue weighted by Gasteiger charge is -2.21. The topological polar surface area (TPSA) is 44.3 Å². The van der Waals surface area contributed by atoms with Crippen molar-refractivity contribution >= 4 is 11.8 Å². The molecule has 5 heteroatoms. The molecule has 1 rings (SSSR count). The van der Waals surface area contributed by atoms with E-state index in [0.29, 0.717) is 5.95 Å². The maximum atomic E-state index is 4.49. The third-order valence-corrected chi connectivity index (χ3v) is 2.45. The Morgan fingerprint density at radius 2 is 1.88 bits per heavy atom. The van der Waals surface area contributed by atoms with Gasteiger partial charge in [0.15, 0.2) is 0 Å². The molecule has 0 amide bonds. The molecule has 0 aliphatic heterocycles. The lowest BCUT2D eigenvalue weighted by atomic mass is 10.4. The number of nitrogens with zero attached hydrogens (tertiary/aromatic N) is 4. The molecule has 0 unspecified atom stereocenters. The summed E-state index contributed by atoms with van der Waals surface area (Å²) in [6.07, 6.45) is 0. The molecule has 17 heavy (non-hydrogen) atoms. The van der Waals surface area contributed by atoms with Crippen LogP contribution < -0.4 is 10.2 Å². The Balaban J connectivity index is 2.74. The molecule has 0 bridgehead atoms. The number of nitrogens with one attached hydrogen (secondary N) is 1. The Kier molecular flexibility index (Phi) is 5.15. The van der Waals surface area contributed by atoms with Crippen molar-refractivity contribution in [2.45, 2.75) is 13.8 Å². The van der Waals surface area contributed by atoms with Gasteiger partial charge in [-0.2, -0.15) is 4.98 Å². The number of hydrogen-bond acceptors (Lipinski definition) is 5. The molecule has 5 nitrogen and oxygen atoms in total. The molecule has 0 radical (unpaired) electrons. The third-order valence-electron chi connectivity index (χ3n) is 2.45. The molecule has 0 fully saturated rings. The van der Waals surface area contributed by atoms with Gasteiger partial charge in [0, 0.05) is 38.4 Å². The van der Waals surface area contributed by atoms with Crippen LogP contribution in [-0.4, -0.2) is 55.6 Å². The lowest BCUT2D eigenvalue weighted by molar-refractivity contribution is 0.416. The lowest BCUT2D eigenvalue weighted by Crippen LogP contribution is -2.29. The fourth-order valence-corrected chi connectivity index (χ4v) is 1.45. The van der Waals surface area contributed by atoms with Crippen LogP contribution in [0.5, 0.6) is 0 Å². The molecule has 0 saturated heterocycles. The predicted octanol–water partition coefficient (Wildman–Crippen LogP) is 1.21. The summed E-state index contributed by atoms with van der Waals surface area (Å²) in [5, 5.41) is 3.15. The van der Waals surface area contributed by atoms with E-state index in [2.05, 4.69) is 46.2 Å². The van der Waals surface area contributed by atoms with Gasteiger partial charge < -0.3 is 15.1 Å². The number of hydrogen-bond donors (Lipinski definition) is 1. The van der Waals surface area contributed by atoms with Gasteiger partial charge in [0.2, 0.25) is 5.95 Å². The van der Waals surface area contributed by atoms with Crippen LogP contribution in [0.3, 0.4) is 0 Å². The van der Waals surface area contributed by atoms with Crippen LogP contribution in [0.1, 0.15) is 12.6 Å². The number of aryl methyl sites for hydroxylation is 1. The summed E-state index contributed by atoms with van der Waals surface area (Å²) >= 11 is 0. The molecule has 1 heterocycles. The minimum atomic E-state index is 0.708. The van der Waals surface area contributed by atoms with Crippen LogP contribution in [0.25, 0.3) is 0 Å². The number of rotatable bonds is 6. The first-order valence-corrected chi connectivity index (χ1v) is 5.98. The zero-order valence-corrected chi connectivity index (χ0v) is 11.5. The van der Waals surface area contributed by atoms with Crippen molar-refractivity contribution in [1.29, 1.82) is 0 Å². The van der Waals surface area contributed by atoms with Gasteiger partial charge in [-0.05, 0) is 27.9 Å². The minimum absolute atomic E-state index is 0.708. The molecule has 0 aromatic carbocycles. The second-order valence-electron chi connectivity index (χ2n) is 4.45. The molecular weight excluding hydrogens is 214 g/mol. The van der Waals surface area contributed by atoms with Crippen LogP contribution in [0.4, 0.5) is 11.8 Å². The van der Waals surface area contributed by atoms with Gasteiger partial charge in [0.05, 0.1) is 0 Å². The molecule has 1 N–H and O–H groups in total. The smallest absolute Gasteiger partial charge is 0.224 e. The average Bonchev–Trinajstić information content (AvgIpc) is 2.25. The Bertz CT molecular complexity index is 351. The average molecular weight is 237 g/mol.